The van der Waals surface area contributed by atoms with Gasteiger partial charge in [-0.3, -0.25) is 0 Å². The first-order chi connectivity index (χ1) is 6.77. The summed E-state index contributed by atoms with van der Waals surface area (Å²) in [7, 11) is 0. The minimum Gasteiger partial charge on any atom is -0.103 e. The summed E-state index contributed by atoms with van der Waals surface area (Å²) >= 11 is 0. The minimum atomic E-state index is 0.720. The van der Waals surface area contributed by atoms with Gasteiger partial charge in [-0.25, -0.2) is 0 Å². The van der Waals surface area contributed by atoms with E-state index in [0.29, 0.717) is 0 Å². The Morgan fingerprint density at radius 3 is 2.50 bits per heavy atom. The maximum Gasteiger partial charge on any atom is -0.0262 e. The van der Waals surface area contributed by atoms with Crippen molar-refractivity contribution < 1.29 is 0 Å². The maximum absolute atomic E-state index is 3.90. The van der Waals surface area contributed by atoms with Crippen LogP contribution in [0.3, 0.4) is 0 Å². The third kappa shape index (κ3) is 3.48. The molecule has 0 aromatic rings. The van der Waals surface area contributed by atoms with E-state index in [1.165, 1.54) is 44.9 Å². The van der Waals surface area contributed by atoms with E-state index in [0.717, 1.165) is 17.8 Å². The molecule has 1 rings (SSSR count). The lowest BCUT2D eigenvalue weighted by Gasteiger charge is -2.32. The molecule has 82 valence electrons. The summed E-state index contributed by atoms with van der Waals surface area (Å²) in [5, 5.41) is 0. The normalized spacial score (nSPS) is 29.9. The van der Waals surface area contributed by atoms with Gasteiger partial charge in [-0.1, -0.05) is 58.4 Å². The van der Waals surface area contributed by atoms with Gasteiger partial charge in [-0.05, 0) is 24.2 Å². The smallest absolute Gasteiger partial charge is 0.0262 e. The van der Waals surface area contributed by atoms with Crippen LogP contribution in [0, 0.1) is 17.8 Å². The fourth-order valence-electron chi connectivity index (χ4n) is 2.92. The third-order valence-electron chi connectivity index (χ3n) is 3.80. The van der Waals surface area contributed by atoms with Crippen molar-refractivity contribution in [2.75, 3.05) is 0 Å². The molecule has 0 heteroatoms. The van der Waals surface area contributed by atoms with Crippen molar-refractivity contribution in [3.63, 3.8) is 0 Å². The van der Waals surface area contributed by atoms with Crippen molar-refractivity contribution >= 4 is 0 Å². The van der Waals surface area contributed by atoms with Crippen LogP contribution in [0.4, 0.5) is 0 Å². The quantitative estimate of drug-likeness (QED) is 0.551. The molecule has 0 aromatic heterocycles. The summed E-state index contributed by atoms with van der Waals surface area (Å²) in [5.41, 5.74) is 0. The molecular weight excluding hydrogens is 168 g/mol. The van der Waals surface area contributed by atoms with Crippen LogP contribution in [-0.2, 0) is 0 Å². The zero-order valence-electron chi connectivity index (χ0n) is 9.97. The lowest BCUT2D eigenvalue weighted by Crippen LogP contribution is -2.21. The highest BCUT2D eigenvalue weighted by atomic mass is 14.3. The molecule has 0 saturated heterocycles. The molecule has 14 heavy (non-hydrogen) atoms. The Bertz CT molecular complexity index is 157. The highest BCUT2D eigenvalue weighted by Gasteiger charge is 2.24. The molecule has 0 spiro atoms. The van der Waals surface area contributed by atoms with Crippen LogP contribution < -0.4 is 0 Å². The fraction of sp³-hybridized carbons (Fsp3) is 0.857. The van der Waals surface area contributed by atoms with Gasteiger partial charge >= 0.3 is 0 Å². The summed E-state index contributed by atoms with van der Waals surface area (Å²) in [6, 6.07) is 0. The van der Waals surface area contributed by atoms with Gasteiger partial charge in [0.05, 0.1) is 0 Å². The van der Waals surface area contributed by atoms with Crippen molar-refractivity contribution in [2.24, 2.45) is 17.8 Å². The first-order valence-corrected chi connectivity index (χ1v) is 6.40. The summed E-state index contributed by atoms with van der Waals surface area (Å²) in [6.07, 6.45) is 12.2. The number of allylic oxidation sites excluding steroid dienone is 1. The monoisotopic (exact) mass is 194 g/mol. The first kappa shape index (κ1) is 11.8. The van der Waals surface area contributed by atoms with Crippen LogP contribution in [0.2, 0.25) is 0 Å². The molecule has 0 aromatic carbocycles. The van der Waals surface area contributed by atoms with E-state index in [4.69, 9.17) is 0 Å². The molecule has 0 bridgehead atoms. The SMILES string of the molecule is C=CC(C)CC1CCCC[C@H]1CCC. The Balaban J connectivity index is 2.40. The predicted molar refractivity (Wildman–Crippen MR) is 64.3 cm³/mol. The van der Waals surface area contributed by atoms with E-state index < -0.39 is 0 Å². The summed E-state index contributed by atoms with van der Waals surface area (Å²) < 4.78 is 0. The van der Waals surface area contributed by atoms with Gasteiger partial charge in [-0.2, -0.15) is 0 Å². The van der Waals surface area contributed by atoms with Crippen LogP contribution in [0.1, 0.15) is 58.8 Å². The Hall–Kier alpha value is -0.260. The maximum atomic E-state index is 3.90. The number of hydrogen-bond donors (Lipinski definition) is 0. The van der Waals surface area contributed by atoms with Crippen LogP contribution >= 0.6 is 0 Å². The first-order valence-electron chi connectivity index (χ1n) is 6.40. The average Bonchev–Trinajstić information content (AvgIpc) is 2.21. The molecule has 0 N–H and O–H groups in total. The molecule has 0 radical (unpaired) electrons. The molecule has 0 amide bonds. The zero-order valence-corrected chi connectivity index (χ0v) is 9.97. The van der Waals surface area contributed by atoms with Gasteiger partial charge in [0.2, 0.25) is 0 Å². The molecule has 3 atom stereocenters. The predicted octanol–water partition coefficient (Wildman–Crippen LogP) is 4.81. The molecule has 1 saturated carbocycles. The molecule has 0 aliphatic heterocycles. The van der Waals surface area contributed by atoms with E-state index >= 15 is 0 Å². The topological polar surface area (TPSA) is 0 Å². The molecule has 1 fully saturated rings. The van der Waals surface area contributed by atoms with Crippen LogP contribution in [0.25, 0.3) is 0 Å². The minimum absolute atomic E-state index is 0.720. The van der Waals surface area contributed by atoms with Crippen LogP contribution in [0.15, 0.2) is 12.7 Å². The van der Waals surface area contributed by atoms with Crippen LogP contribution in [0.5, 0.6) is 0 Å². The van der Waals surface area contributed by atoms with Crippen molar-refractivity contribution in [2.45, 2.75) is 58.8 Å². The zero-order chi connectivity index (χ0) is 10.4. The summed E-state index contributed by atoms with van der Waals surface area (Å²) in [5.74, 6) is 2.74. The van der Waals surface area contributed by atoms with Gasteiger partial charge in [-0.15, -0.1) is 6.58 Å². The largest absolute Gasteiger partial charge is 0.103 e. The fourth-order valence-corrected chi connectivity index (χ4v) is 2.92. The van der Waals surface area contributed by atoms with E-state index in [1.54, 1.807) is 0 Å². The Morgan fingerprint density at radius 2 is 1.93 bits per heavy atom. The Labute approximate surface area is 89.8 Å². The van der Waals surface area contributed by atoms with Gasteiger partial charge in [0, 0.05) is 0 Å². The second-order valence-corrected chi connectivity index (χ2v) is 5.04. The average molecular weight is 194 g/mol. The molecular formula is C14H26. The van der Waals surface area contributed by atoms with Gasteiger partial charge in [0.25, 0.3) is 0 Å². The standard InChI is InChI=1S/C14H26/c1-4-8-13-9-6-7-10-14(13)11-12(3)5-2/h5,12-14H,2,4,6-11H2,1,3H3/t12?,13-,14?/m1/s1. The number of rotatable bonds is 5. The molecule has 0 nitrogen and oxygen atoms in total. The Morgan fingerprint density at radius 1 is 1.29 bits per heavy atom. The van der Waals surface area contributed by atoms with E-state index in [1.807, 2.05) is 0 Å². The van der Waals surface area contributed by atoms with Gasteiger partial charge in [0.1, 0.15) is 0 Å². The second kappa shape index (κ2) is 6.27. The summed E-state index contributed by atoms with van der Waals surface area (Å²) in [4.78, 5) is 0. The summed E-state index contributed by atoms with van der Waals surface area (Å²) in [6.45, 7) is 8.53. The highest BCUT2D eigenvalue weighted by Crippen LogP contribution is 2.37. The van der Waals surface area contributed by atoms with Crippen molar-refractivity contribution in [1.29, 1.82) is 0 Å². The number of hydrogen-bond acceptors (Lipinski definition) is 0. The van der Waals surface area contributed by atoms with E-state index in [-0.39, 0.29) is 0 Å². The molecule has 2 unspecified atom stereocenters. The Kier molecular flexibility index (Phi) is 5.29. The molecule has 1 aliphatic carbocycles. The van der Waals surface area contributed by atoms with Crippen molar-refractivity contribution in [1.82, 2.24) is 0 Å². The highest BCUT2D eigenvalue weighted by molar-refractivity contribution is 4.82. The van der Waals surface area contributed by atoms with Crippen LogP contribution in [-0.4, -0.2) is 0 Å². The lowest BCUT2D eigenvalue weighted by atomic mass is 9.73. The van der Waals surface area contributed by atoms with Gasteiger partial charge in [0.15, 0.2) is 0 Å². The van der Waals surface area contributed by atoms with Crippen molar-refractivity contribution in [3.05, 3.63) is 12.7 Å². The third-order valence-corrected chi connectivity index (χ3v) is 3.80. The second-order valence-electron chi connectivity index (χ2n) is 5.04. The van der Waals surface area contributed by atoms with E-state index in [2.05, 4.69) is 26.5 Å². The van der Waals surface area contributed by atoms with E-state index in [9.17, 15) is 0 Å². The lowest BCUT2D eigenvalue weighted by molar-refractivity contribution is 0.197. The molecule has 0 heterocycles. The molecule has 1 aliphatic rings. The van der Waals surface area contributed by atoms with Gasteiger partial charge < -0.3 is 0 Å². The van der Waals surface area contributed by atoms with Crippen molar-refractivity contribution in [3.8, 4) is 0 Å².